The molecule has 0 unspecified atom stereocenters. The minimum Gasteiger partial charge on any atom is -0.339 e. The number of nitrogens with zero attached hydrogens (tertiary/aromatic N) is 4. The molecule has 0 aliphatic heterocycles. The van der Waals surface area contributed by atoms with E-state index in [1.165, 1.54) is 12.4 Å². The molecule has 18 heavy (non-hydrogen) atoms. The van der Waals surface area contributed by atoms with Gasteiger partial charge in [-0.25, -0.2) is 15.0 Å². The number of nitriles is 1. The summed E-state index contributed by atoms with van der Waals surface area (Å²) in [7, 11) is 0. The highest BCUT2D eigenvalue weighted by Gasteiger charge is 2.01. The highest BCUT2D eigenvalue weighted by atomic mass is 32.1. The Balaban J connectivity index is 1.88. The minimum absolute atomic E-state index is 0.304. The van der Waals surface area contributed by atoms with E-state index in [2.05, 4.69) is 20.3 Å². The van der Waals surface area contributed by atoms with Gasteiger partial charge in [-0.1, -0.05) is 0 Å². The molecular weight excluding hydrogens is 246 g/mol. The molecule has 1 aromatic carbocycles. The molecule has 0 atom stereocenters. The Bertz CT molecular complexity index is 726. The lowest BCUT2D eigenvalue weighted by atomic mass is 10.3. The summed E-state index contributed by atoms with van der Waals surface area (Å²) in [6, 6.07) is 7.82. The predicted molar refractivity (Wildman–Crippen MR) is 69.6 cm³/mol. The summed E-state index contributed by atoms with van der Waals surface area (Å²) in [5, 5.41) is 11.8. The Morgan fingerprint density at radius 2 is 2.11 bits per heavy atom. The topological polar surface area (TPSA) is 74.5 Å². The fraction of sp³-hybridized carbons (Fsp3) is 0. The molecule has 0 fully saturated rings. The summed E-state index contributed by atoms with van der Waals surface area (Å²) in [6.07, 6.45) is 2.98. The quantitative estimate of drug-likeness (QED) is 0.760. The fourth-order valence-electron chi connectivity index (χ4n) is 1.53. The highest BCUT2D eigenvalue weighted by Crippen LogP contribution is 2.23. The maximum absolute atomic E-state index is 8.63. The molecule has 0 spiro atoms. The second-order valence-electron chi connectivity index (χ2n) is 3.56. The van der Waals surface area contributed by atoms with Crippen LogP contribution < -0.4 is 5.32 Å². The van der Waals surface area contributed by atoms with E-state index in [9.17, 15) is 0 Å². The lowest BCUT2D eigenvalue weighted by Crippen LogP contribution is -1.95. The Hall–Kier alpha value is -2.52. The third-order valence-corrected chi connectivity index (χ3v) is 3.16. The Morgan fingerprint density at radius 3 is 2.89 bits per heavy atom. The van der Waals surface area contributed by atoms with E-state index in [-0.39, 0.29) is 0 Å². The van der Waals surface area contributed by atoms with Crippen LogP contribution >= 0.6 is 11.3 Å². The van der Waals surface area contributed by atoms with Gasteiger partial charge in [-0.2, -0.15) is 5.26 Å². The van der Waals surface area contributed by atoms with E-state index in [1.54, 1.807) is 11.3 Å². The van der Waals surface area contributed by atoms with E-state index >= 15 is 0 Å². The molecule has 0 radical (unpaired) electrons. The first kappa shape index (κ1) is 10.6. The average molecular weight is 253 g/mol. The number of hydrogen-bond donors (Lipinski definition) is 1. The molecule has 0 saturated carbocycles. The van der Waals surface area contributed by atoms with Gasteiger partial charge in [0.25, 0.3) is 0 Å². The first-order valence-electron chi connectivity index (χ1n) is 5.17. The van der Waals surface area contributed by atoms with Gasteiger partial charge in [0.05, 0.1) is 28.1 Å². The van der Waals surface area contributed by atoms with Crippen molar-refractivity contribution in [3.8, 4) is 6.07 Å². The predicted octanol–water partition coefficient (Wildman–Crippen LogP) is 2.70. The van der Waals surface area contributed by atoms with Crippen LogP contribution in [0, 0.1) is 11.3 Å². The van der Waals surface area contributed by atoms with Crippen LogP contribution in [0.3, 0.4) is 0 Å². The van der Waals surface area contributed by atoms with Gasteiger partial charge < -0.3 is 5.32 Å². The van der Waals surface area contributed by atoms with Gasteiger partial charge in [0.15, 0.2) is 5.69 Å². The van der Waals surface area contributed by atoms with Gasteiger partial charge in [-0.3, -0.25) is 0 Å². The van der Waals surface area contributed by atoms with E-state index in [4.69, 9.17) is 5.26 Å². The van der Waals surface area contributed by atoms with E-state index in [0.29, 0.717) is 11.5 Å². The lowest BCUT2D eigenvalue weighted by Gasteiger charge is -2.04. The molecule has 2 aromatic heterocycles. The zero-order valence-electron chi connectivity index (χ0n) is 9.16. The first-order valence-corrected chi connectivity index (χ1v) is 6.05. The molecule has 0 bridgehead atoms. The number of rotatable bonds is 2. The first-order chi connectivity index (χ1) is 8.85. The van der Waals surface area contributed by atoms with Gasteiger partial charge in [-0.15, -0.1) is 11.3 Å². The third-order valence-electron chi connectivity index (χ3n) is 2.37. The summed E-state index contributed by atoms with van der Waals surface area (Å²) in [4.78, 5) is 12.3. The molecule has 86 valence electrons. The molecule has 0 amide bonds. The number of fused-ring (bicyclic) bond motifs is 1. The van der Waals surface area contributed by atoms with E-state index < -0.39 is 0 Å². The zero-order chi connectivity index (χ0) is 12.4. The van der Waals surface area contributed by atoms with Crippen LogP contribution in [0.25, 0.3) is 10.2 Å². The molecule has 6 heteroatoms. The van der Waals surface area contributed by atoms with Gasteiger partial charge in [0.1, 0.15) is 11.9 Å². The smallest absolute Gasteiger partial charge is 0.158 e. The minimum atomic E-state index is 0.304. The van der Waals surface area contributed by atoms with Crippen LogP contribution in [-0.2, 0) is 0 Å². The van der Waals surface area contributed by atoms with Gasteiger partial charge in [-0.05, 0) is 18.2 Å². The van der Waals surface area contributed by atoms with Crippen LogP contribution in [0.1, 0.15) is 5.69 Å². The maximum atomic E-state index is 8.63. The summed E-state index contributed by atoms with van der Waals surface area (Å²) >= 11 is 1.59. The molecular formula is C12H7N5S. The molecule has 5 nitrogen and oxygen atoms in total. The Labute approximate surface area is 107 Å². The van der Waals surface area contributed by atoms with Crippen molar-refractivity contribution < 1.29 is 0 Å². The van der Waals surface area contributed by atoms with Crippen LogP contribution in [0.5, 0.6) is 0 Å². The molecule has 3 aromatic rings. The molecule has 0 saturated heterocycles. The van der Waals surface area contributed by atoms with Crippen LogP contribution in [0.4, 0.5) is 11.5 Å². The summed E-state index contributed by atoms with van der Waals surface area (Å²) < 4.78 is 1.11. The van der Waals surface area contributed by atoms with Crippen LogP contribution in [0.15, 0.2) is 36.1 Å². The van der Waals surface area contributed by atoms with E-state index in [1.807, 2.05) is 29.8 Å². The number of thiazole rings is 1. The number of anilines is 2. The Kier molecular flexibility index (Phi) is 2.59. The van der Waals surface area contributed by atoms with Crippen molar-refractivity contribution in [1.82, 2.24) is 15.0 Å². The molecule has 0 aliphatic rings. The van der Waals surface area contributed by atoms with Crippen molar-refractivity contribution in [3.63, 3.8) is 0 Å². The second kappa shape index (κ2) is 4.39. The number of aromatic nitrogens is 3. The number of hydrogen-bond acceptors (Lipinski definition) is 6. The second-order valence-corrected chi connectivity index (χ2v) is 4.44. The van der Waals surface area contributed by atoms with Crippen LogP contribution in [-0.4, -0.2) is 15.0 Å². The molecule has 2 heterocycles. The summed E-state index contributed by atoms with van der Waals surface area (Å²) in [5.41, 5.74) is 4.02. The summed E-state index contributed by atoms with van der Waals surface area (Å²) in [5.74, 6) is 0.609. The highest BCUT2D eigenvalue weighted by molar-refractivity contribution is 7.16. The lowest BCUT2D eigenvalue weighted by molar-refractivity contribution is 1.16. The average Bonchev–Trinajstić information content (AvgIpc) is 2.87. The van der Waals surface area contributed by atoms with Crippen LogP contribution in [0.2, 0.25) is 0 Å². The normalized spacial score (nSPS) is 10.2. The fourth-order valence-corrected chi connectivity index (χ4v) is 2.25. The summed E-state index contributed by atoms with van der Waals surface area (Å²) in [6.45, 7) is 0. The maximum Gasteiger partial charge on any atom is 0.158 e. The number of benzene rings is 1. The van der Waals surface area contributed by atoms with E-state index in [0.717, 1.165) is 15.9 Å². The monoisotopic (exact) mass is 253 g/mol. The zero-order valence-corrected chi connectivity index (χ0v) is 9.98. The van der Waals surface area contributed by atoms with Gasteiger partial charge in [0.2, 0.25) is 0 Å². The van der Waals surface area contributed by atoms with Crippen molar-refractivity contribution in [3.05, 3.63) is 41.8 Å². The molecule has 0 aliphatic carbocycles. The molecule has 1 N–H and O–H groups in total. The third kappa shape index (κ3) is 1.99. The number of nitrogens with one attached hydrogen (secondary N) is 1. The van der Waals surface area contributed by atoms with Gasteiger partial charge >= 0.3 is 0 Å². The van der Waals surface area contributed by atoms with Crippen molar-refractivity contribution >= 4 is 33.1 Å². The Morgan fingerprint density at radius 1 is 1.17 bits per heavy atom. The largest absolute Gasteiger partial charge is 0.339 e. The molecule has 3 rings (SSSR count). The van der Waals surface area contributed by atoms with Crippen molar-refractivity contribution in [2.75, 3.05) is 5.32 Å². The SMILES string of the molecule is N#Cc1cnc(Nc2ccc3ncsc3c2)cn1. The van der Waals surface area contributed by atoms with Crippen molar-refractivity contribution in [1.29, 1.82) is 5.26 Å². The standard InChI is InChI=1S/C12H7N5S/c13-4-9-5-15-12(6-14-9)17-8-1-2-10-11(3-8)18-7-16-10/h1-3,5-7H,(H,15,17). The van der Waals surface area contributed by atoms with Crippen molar-refractivity contribution in [2.45, 2.75) is 0 Å². The van der Waals surface area contributed by atoms with Gasteiger partial charge in [0, 0.05) is 5.69 Å². The van der Waals surface area contributed by atoms with Crippen molar-refractivity contribution in [2.24, 2.45) is 0 Å².